The Hall–Kier alpha value is -2.34. The van der Waals surface area contributed by atoms with E-state index in [1.165, 1.54) is 5.56 Å². The van der Waals surface area contributed by atoms with Gasteiger partial charge in [0.1, 0.15) is 11.8 Å². The zero-order valence-corrected chi connectivity index (χ0v) is 19.9. The molecule has 0 aliphatic heterocycles. The van der Waals surface area contributed by atoms with E-state index in [9.17, 15) is 9.59 Å². The second-order valence-electron chi connectivity index (χ2n) is 8.08. The van der Waals surface area contributed by atoms with Gasteiger partial charge < -0.3 is 15.0 Å². The molecule has 0 radical (unpaired) electrons. The summed E-state index contributed by atoms with van der Waals surface area (Å²) >= 11 is 3.52. The summed E-state index contributed by atoms with van der Waals surface area (Å²) in [6.45, 7) is 4.11. The van der Waals surface area contributed by atoms with Crippen LogP contribution in [0.5, 0.6) is 5.75 Å². The van der Waals surface area contributed by atoms with Gasteiger partial charge in [0.2, 0.25) is 5.91 Å². The lowest BCUT2D eigenvalue weighted by atomic mass is 10.1. The highest BCUT2D eigenvalue weighted by atomic mass is 79.9. The van der Waals surface area contributed by atoms with Crippen molar-refractivity contribution in [3.05, 3.63) is 64.1 Å². The van der Waals surface area contributed by atoms with Crippen molar-refractivity contribution in [2.75, 3.05) is 6.61 Å². The molecule has 0 spiro atoms. The maximum atomic E-state index is 13.1. The average Bonchev–Trinajstić information content (AvgIpc) is 3.29. The van der Waals surface area contributed by atoms with Gasteiger partial charge in [0.05, 0.1) is 4.47 Å². The number of halogens is 1. The molecule has 1 N–H and O–H groups in total. The first-order chi connectivity index (χ1) is 15.0. The lowest BCUT2D eigenvalue weighted by molar-refractivity contribution is -0.142. The molecule has 1 aliphatic rings. The molecule has 1 aliphatic carbocycles. The minimum atomic E-state index is -0.581. The van der Waals surface area contributed by atoms with E-state index in [1.54, 1.807) is 11.8 Å². The van der Waals surface area contributed by atoms with E-state index in [0.29, 0.717) is 12.3 Å². The molecule has 1 saturated carbocycles. The fraction of sp³-hybridized carbons (Fsp3) is 0.440. The predicted octanol–water partition coefficient (Wildman–Crippen LogP) is 4.87. The smallest absolute Gasteiger partial charge is 0.261 e. The maximum absolute atomic E-state index is 13.1. The van der Waals surface area contributed by atoms with Gasteiger partial charge in [0, 0.05) is 12.6 Å². The summed E-state index contributed by atoms with van der Waals surface area (Å²) in [5.41, 5.74) is 2.17. The number of nitrogens with zero attached hydrogens (tertiary/aromatic N) is 1. The molecule has 3 rings (SSSR count). The van der Waals surface area contributed by atoms with Gasteiger partial charge in [-0.05, 0) is 65.4 Å². The SMILES string of the molecule is CCc1ccc(OCC(=O)N(Cc2ccccc2)[C@@H](C)C(=O)NC2CCCC2)c(Br)c1. The molecular weight excluding hydrogens is 456 g/mol. The van der Waals surface area contributed by atoms with Crippen molar-refractivity contribution < 1.29 is 14.3 Å². The number of benzene rings is 2. The number of nitrogens with one attached hydrogen (secondary N) is 1. The van der Waals surface area contributed by atoms with Crippen LogP contribution >= 0.6 is 15.9 Å². The molecule has 2 aromatic carbocycles. The van der Waals surface area contributed by atoms with Crippen LogP contribution in [0.15, 0.2) is 53.0 Å². The topological polar surface area (TPSA) is 58.6 Å². The van der Waals surface area contributed by atoms with Crippen LogP contribution in [-0.4, -0.2) is 35.4 Å². The second kappa shape index (κ2) is 11.3. The van der Waals surface area contributed by atoms with Crippen molar-refractivity contribution >= 4 is 27.7 Å². The van der Waals surface area contributed by atoms with Crippen LogP contribution < -0.4 is 10.1 Å². The van der Waals surface area contributed by atoms with Crippen LogP contribution in [0.2, 0.25) is 0 Å². The third-order valence-electron chi connectivity index (χ3n) is 5.82. The molecule has 5 nitrogen and oxygen atoms in total. The summed E-state index contributed by atoms with van der Waals surface area (Å²) in [6, 6.07) is 15.2. The third-order valence-corrected chi connectivity index (χ3v) is 6.44. The van der Waals surface area contributed by atoms with Crippen molar-refractivity contribution in [3.63, 3.8) is 0 Å². The van der Waals surface area contributed by atoms with E-state index in [-0.39, 0.29) is 24.5 Å². The van der Waals surface area contributed by atoms with Crippen molar-refractivity contribution in [3.8, 4) is 5.75 Å². The van der Waals surface area contributed by atoms with Gasteiger partial charge in [0.25, 0.3) is 5.91 Å². The first-order valence-electron chi connectivity index (χ1n) is 11.0. The number of carbonyl (C=O) groups is 2. The molecule has 1 atom stereocenters. The third kappa shape index (κ3) is 6.57. The Kier molecular flexibility index (Phi) is 8.52. The summed E-state index contributed by atoms with van der Waals surface area (Å²) < 4.78 is 6.63. The van der Waals surface area contributed by atoms with Crippen molar-refractivity contribution in [1.29, 1.82) is 0 Å². The highest BCUT2D eigenvalue weighted by molar-refractivity contribution is 9.10. The van der Waals surface area contributed by atoms with Gasteiger partial charge in [0.15, 0.2) is 6.61 Å². The summed E-state index contributed by atoms with van der Waals surface area (Å²) in [5.74, 6) is 0.294. The van der Waals surface area contributed by atoms with E-state index in [4.69, 9.17) is 4.74 Å². The normalized spacial score (nSPS) is 14.8. The molecule has 0 unspecified atom stereocenters. The molecule has 0 aromatic heterocycles. The molecule has 2 amide bonds. The van der Waals surface area contributed by atoms with Crippen LogP contribution in [0.1, 0.15) is 50.7 Å². The zero-order chi connectivity index (χ0) is 22.2. The molecule has 166 valence electrons. The summed E-state index contributed by atoms with van der Waals surface area (Å²) in [7, 11) is 0. The van der Waals surface area contributed by atoms with Crippen LogP contribution in [0, 0.1) is 0 Å². The number of ether oxygens (including phenoxy) is 1. The van der Waals surface area contributed by atoms with Gasteiger partial charge in [-0.3, -0.25) is 9.59 Å². The lowest BCUT2D eigenvalue weighted by Gasteiger charge is -2.29. The minimum Gasteiger partial charge on any atom is -0.483 e. The van der Waals surface area contributed by atoms with E-state index in [0.717, 1.165) is 42.1 Å². The van der Waals surface area contributed by atoms with Crippen molar-refractivity contribution in [2.24, 2.45) is 0 Å². The van der Waals surface area contributed by atoms with Crippen LogP contribution in [-0.2, 0) is 22.6 Å². The van der Waals surface area contributed by atoms with Gasteiger partial charge in [-0.2, -0.15) is 0 Å². The zero-order valence-electron chi connectivity index (χ0n) is 18.3. The summed E-state index contributed by atoms with van der Waals surface area (Å²) in [4.78, 5) is 27.6. The number of aryl methyl sites for hydroxylation is 1. The van der Waals surface area contributed by atoms with Crippen LogP contribution in [0.25, 0.3) is 0 Å². The molecule has 0 bridgehead atoms. The largest absolute Gasteiger partial charge is 0.483 e. The lowest BCUT2D eigenvalue weighted by Crippen LogP contribution is -2.50. The number of carbonyl (C=O) groups excluding carboxylic acids is 2. The Bertz CT molecular complexity index is 882. The first-order valence-corrected chi connectivity index (χ1v) is 11.8. The Balaban J connectivity index is 1.69. The quantitative estimate of drug-likeness (QED) is 0.550. The molecule has 2 aromatic rings. The highest BCUT2D eigenvalue weighted by Crippen LogP contribution is 2.26. The molecule has 31 heavy (non-hydrogen) atoms. The Morgan fingerprint density at radius 2 is 1.84 bits per heavy atom. The maximum Gasteiger partial charge on any atom is 0.261 e. The number of hydrogen-bond donors (Lipinski definition) is 1. The van der Waals surface area contributed by atoms with E-state index in [2.05, 4.69) is 28.2 Å². The van der Waals surface area contributed by atoms with Crippen molar-refractivity contribution in [2.45, 2.75) is 64.6 Å². The summed E-state index contributed by atoms with van der Waals surface area (Å²) in [6.07, 6.45) is 5.24. The number of rotatable bonds is 9. The minimum absolute atomic E-state index is 0.107. The molecule has 0 saturated heterocycles. The van der Waals surface area contributed by atoms with Crippen LogP contribution in [0.4, 0.5) is 0 Å². The fourth-order valence-electron chi connectivity index (χ4n) is 3.86. The highest BCUT2D eigenvalue weighted by Gasteiger charge is 2.28. The predicted molar refractivity (Wildman–Crippen MR) is 126 cm³/mol. The van der Waals surface area contributed by atoms with Gasteiger partial charge in [-0.25, -0.2) is 0 Å². The Morgan fingerprint density at radius 1 is 1.13 bits per heavy atom. The van der Waals surface area contributed by atoms with Crippen LogP contribution in [0.3, 0.4) is 0 Å². The molecule has 0 heterocycles. The molecular formula is C25H31BrN2O3. The monoisotopic (exact) mass is 486 g/mol. The van der Waals surface area contributed by atoms with E-state index >= 15 is 0 Å². The summed E-state index contributed by atoms with van der Waals surface area (Å²) in [5, 5.41) is 3.11. The first kappa shape index (κ1) is 23.3. The number of hydrogen-bond acceptors (Lipinski definition) is 3. The fourth-order valence-corrected chi connectivity index (χ4v) is 4.40. The van der Waals surface area contributed by atoms with Gasteiger partial charge in [-0.1, -0.05) is 56.2 Å². The van der Waals surface area contributed by atoms with Gasteiger partial charge in [-0.15, -0.1) is 0 Å². The second-order valence-corrected chi connectivity index (χ2v) is 8.93. The Morgan fingerprint density at radius 3 is 2.48 bits per heavy atom. The molecule has 1 fully saturated rings. The Labute approximate surface area is 193 Å². The molecule has 6 heteroatoms. The van der Waals surface area contributed by atoms with E-state index in [1.807, 2.05) is 48.5 Å². The standard InChI is InChI=1S/C25H31BrN2O3/c1-3-19-13-14-23(22(26)15-19)31-17-24(29)28(16-20-9-5-4-6-10-20)18(2)25(30)27-21-11-7-8-12-21/h4-6,9-10,13-15,18,21H,3,7-8,11-12,16-17H2,1-2H3,(H,27,30)/t18-/m0/s1. The van der Waals surface area contributed by atoms with Crippen molar-refractivity contribution in [1.82, 2.24) is 10.2 Å². The average molecular weight is 487 g/mol. The van der Waals surface area contributed by atoms with E-state index < -0.39 is 6.04 Å². The van der Waals surface area contributed by atoms with Gasteiger partial charge >= 0.3 is 0 Å². The number of amides is 2.